The molecule has 0 atom stereocenters. The van der Waals surface area contributed by atoms with Gasteiger partial charge in [-0.2, -0.15) is 0 Å². The highest BCUT2D eigenvalue weighted by Crippen LogP contribution is 2.21. The van der Waals surface area contributed by atoms with Gasteiger partial charge in [-0.15, -0.1) is 0 Å². The summed E-state index contributed by atoms with van der Waals surface area (Å²) in [6.45, 7) is 7.24. The summed E-state index contributed by atoms with van der Waals surface area (Å²) in [5.74, 6) is -0.0508. The van der Waals surface area contributed by atoms with Gasteiger partial charge < -0.3 is 4.74 Å². The van der Waals surface area contributed by atoms with Crippen LogP contribution >= 0.6 is 22.6 Å². The van der Waals surface area contributed by atoms with Crippen LogP contribution in [-0.2, 0) is 16.0 Å². The molecule has 1 saturated heterocycles. The first-order chi connectivity index (χ1) is 10.9. The lowest BCUT2D eigenvalue weighted by molar-refractivity contribution is -0.148. The van der Waals surface area contributed by atoms with Crippen LogP contribution in [0.2, 0.25) is 0 Å². The second-order valence-electron chi connectivity index (χ2n) is 5.74. The third-order valence-electron chi connectivity index (χ3n) is 4.04. The van der Waals surface area contributed by atoms with Gasteiger partial charge in [-0.3, -0.25) is 4.79 Å². The number of halogens is 1. The van der Waals surface area contributed by atoms with Crippen molar-refractivity contribution >= 4 is 34.6 Å². The normalized spacial score (nSPS) is 14.8. The summed E-state index contributed by atoms with van der Waals surface area (Å²) in [6, 6.07) is 4.16. The van der Waals surface area contributed by atoms with Gasteiger partial charge in [0.2, 0.25) is 5.91 Å². The molecular weight excluding hydrogens is 407 g/mol. The number of hydrazine groups is 1. The Balaban J connectivity index is 2.16. The van der Waals surface area contributed by atoms with Gasteiger partial charge in [0.25, 0.3) is 0 Å². The Hall–Kier alpha value is -1.31. The minimum absolute atomic E-state index is 0.0508. The molecule has 0 spiro atoms. The molecule has 0 aliphatic carbocycles. The molecule has 5 nitrogen and oxygen atoms in total. The second kappa shape index (κ2) is 7.99. The highest BCUT2D eigenvalue weighted by atomic mass is 127. The number of rotatable bonds is 3. The van der Waals surface area contributed by atoms with Crippen molar-refractivity contribution in [3.8, 4) is 0 Å². The van der Waals surface area contributed by atoms with Crippen LogP contribution in [0.4, 0.5) is 4.79 Å². The van der Waals surface area contributed by atoms with Crippen molar-refractivity contribution in [1.29, 1.82) is 0 Å². The van der Waals surface area contributed by atoms with Gasteiger partial charge in [0.15, 0.2) is 0 Å². The van der Waals surface area contributed by atoms with Crippen LogP contribution in [0.25, 0.3) is 0 Å². The smallest absolute Gasteiger partial charge is 0.428 e. The van der Waals surface area contributed by atoms with Crippen LogP contribution in [0.5, 0.6) is 0 Å². The highest BCUT2D eigenvalue weighted by molar-refractivity contribution is 14.1. The highest BCUT2D eigenvalue weighted by Gasteiger charge is 2.30. The molecule has 1 fully saturated rings. The number of ether oxygens (including phenoxy) is 1. The molecule has 23 heavy (non-hydrogen) atoms. The van der Waals surface area contributed by atoms with E-state index in [1.165, 1.54) is 8.58 Å². The molecular formula is C17H23IN2O3. The number of amides is 2. The fourth-order valence-electron chi connectivity index (χ4n) is 2.87. The van der Waals surface area contributed by atoms with Crippen LogP contribution in [0.1, 0.15) is 36.5 Å². The molecule has 1 heterocycles. The molecule has 0 bridgehead atoms. The number of nitrogens with zero attached hydrogens (tertiary/aromatic N) is 2. The lowest BCUT2D eigenvalue weighted by Crippen LogP contribution is -2.53. The van der Waals surface area contributed by atoms with E-state index >= 15 is 0 Å². The Morgan fingerprint density at radius 3 is 2.26 bits per heavy atom. The fourth-order valence-corrected chi connectivity index (χ4v) is 3.81. The predicted octanol–water partition coefficient (Wildman–Crippen LogP) is 3.45. The minimum atomic E-state index is -0.434. The van der Waals surface area contributed by atoms with Crippen molar-refractivity contribution in [1.82, 2.24) is 10.0 Å². The molecule has 0 saturated carbocycles. The standard InChI is InChI=1S/C17H23IN2O3/c1-4-23-17(22)20-8-6-5-7-19(20)16(21)11-15-12(2)9-14(18)10-13(15)3/h9-10H,4-8,11H2,1-3H3. The molecule has 1 aromatic rings. The Bertz CT molecular complexity index is 580. The minimum Gasteiger partial charge on any atom is -0.448 e. The molecule has 1 aromatic carbocycles. The second-order valence-corrected chi connectivity index (χ2v) is 6.99. The first-order valence-electron chi connectivity index (χ1n) is 7.94. The predicted molar refractivity (Wildman–Crippen MR) is 97.0 cm³/mol. The summed E-state index contributed by atoms with van der Waals surface area (Å²) in [5.41, 5.74) is 3.27. The van der Waals surface area contributed by atoms with E-state index in [4.69, 9.17) is 4.74 Å². The molecule has 0 N–H and O–H groups in total. The molecule has 1 aliphatic heterocycles. The summed E-state index contributed by atoms with van der Waals surface area (Å²) in [4.78, 5) is 24.8. The van der Waals surface area contributed by atoms with E-state index in [2.05, 4.69) is 34.7 Å². The average molecular weight is 430 g/mol. The maximum atomic E-state index is 12.8. The van der Waals surface area contributed by atoms with E-state index in [1.54, 1.807) is 11.9 Å². The number of aryl methyl sites for hydroxylation is 2. The molecule has 0 radical (unpaired) electrons. The van der Waals surface area contributed by atoms with Gasteiger partial charge >= 0.3 is 6.09 Å². The van der Waals surface area contributed by atoms with Crippen LogP contribution in [0.3, 0.4) is 0 Å². The van der Waals surface area contributed by atoms with E-state index in [0.29, 0.717) is 26.1 Å². The zero-order chi connectivity index (χ0) is 17.0. The van der Waals surface area contributed by atoms with Crippen molar-refractivity contribution in [2.24, 2.45) is 0 Å². The Morgan fingerprint density at radius 2 is 1.70 bits per heavy atom. The maximum absolute atomic E-state index is 12.8. The van der Waals surface area contributed by atoms with Crippen LogP contribution in [0.15, 0.2) is 12.1 Å². The van der Waals surface area contributed by atoms with Crippen LogP contribution in [0, 0.1) is 17.4 Å². The fraction of sp³-hybridized carbons (Fsp3) is 0.529. The van der Waals surface area contributed by atoms with Crippen molar-refractivity contribution < 1.29 is 14.3 Å². The number of carbonyl (C=O) groups is 2. The molecule has 2 rings (SSSR count). The third-order valence-corrected chi connectivity index (χ3v) is 4.66. The Morgan fingerprint density at radius 1 is 1.13 bits per heavy atom. The van der Waals surface area contributed by atoms with Crippen molar-refractivity contribution in [2.75, 3.05) is 19.7 Å². The third kappa shape index (κ3) is 4.37. The van der Waals surface area contributed by atoms with Crippen LogP contribution < -0.4 is 0 Å². The molecule has 1 aliphatic rings. The molecule has 126 valence electrons. The van der Waals surface area contributed by atoms with Gasteiger partial charge in [0.05, 0.1) is 13.0 Å². The van der Waals surface area contributed by atoms with Gasteiger partial charge in [-0.1, -0.05) is 0 Å². The lowest BCUT2D eigenvalue weighted by atomic mass is 9.99. The summed E-state index contributed by atoms with van der Waals surface area (Å²) >= 11 is 2.28. The molecule has 2 amide bonds. The first-order valence-corrected chi connectivity index (χ1v) is 9.02. The number of hydrogen-bond donors (Lipinski definition) is 0. The quantitative estimate of drug-likeness (QED) is 0.691. The number of carbonyl (C=O) groups excluding carboxylic acids is 2. The van der Waals surface area contributed by atoms with Gasteiger partial charge in [0, 0.05) is 16.7 Å². The lowest BCUT2D eigenvalue weighted by Gasteiger charge is -2.37. The average Bonchev–Trinajstić information content (AvgIpc) is 2.51. The Labute approximate surface area is 151 Å². The summed E-state index contributed by atoms with van der Waals surface area (Å²) < 4.78 is 6.23. The zero-order valence-corrected chi connectivity index (χ0v) is 16.1. The van der Waals surface area contributed by atoms with E-state index in [1.807, 2.05) is 13.8 Å². The largest absolute Gasteiger partial charge is 0.448 e. The number of hydrogen-bond acceptors (Lipinski definition) is 3. The van der Waals surface area contributed by atoms with Crippen molar-refractivity contribution in [2.45, 2.75) is 40.0 Å². The van der Waals surface area contributed by atoms with Crippen molar-refractivity contribution in [3.05, 3.63) is 32.4 Å². The monoisotopic (exact) mass is 430 g/mol. The SMILES string of the molecule is CCOC(=O)N1CCCCN1C(=O)Cc1c(C)cc(I)cc1C. The van der Waals surface area contributed by atoms with E-state index in [9.17, 15) is 9.59 Å². The molecule has 6 heteroatoms. The van der Waals surface area contributed by atoms with E-state index in [-0.39, 0.29) is 5.91 Å². The first kappa shape index (κ1) is 18.0. The van der Waals surface area contributed by atoms with Gasteiger partial charge in [0.1, 0.15) is 0 Å². The Kier molecular flexibility index (Phi) is 6.26. The molecule has 0 unspecified atom stereocenters. The number of benzene rings is 1. The zero-order valence-electron chi connectivity index (χ0n) is 13.9. The summed E-state index contributed by atoms with van der Waals surface area (Å²) in [7, 11) is 0. The van der Waals surface area contributed by atoms with Crippen molar-refractivity contribution in [3.63, 3.8) is 0 Å². The van der Waals surface area contributed by atoms with Gasteiger partial charge in [-0.05, 0) is 85.0 Å². The van der Waals surface area contributed by atoms with E-state index < -0.39 is 6.09 Å². The van der Waals surface area contributed by atoms with Gasteiger partial charge in [-0.25, -0.2) is 14.8 Å². The summed E-state index contributed by atoms with van der Waals surface area (Å²) in [5, 5.41) is 3.00. The molecule has 0 aromatic heterocycles. The summed E-state index contributed by atoms with van der Waals surface area (Å²) in [6.07, 6.45) is 1.68. The maximum Gasteiger partial charge on any atom is 0.428 e. The van der Waals surface area contributed by atoms with Crippen LogP contribution in [-0.4, -0.2) is 41.7 Å². The topological polar surface area (TPSA) is 49.9 Å². The van der Waals surface area contributed by atoms with E-state index in [0.717, 1.165) is 29.5 Å².